The van der Waals surface area contributed by atoms with Crippen molar-refractivity contribution >= 4 is 29.2 Å². The van der Waals surface area contributed by atoms with Crippen LogP contribution in [0.15, 0.2) is 11.0 Å². The number of carbonyl (C=O) groups excluding carboxylic acids is 2. The Morgan fingerprint density at radius 1 is 1.29 bits per heavy atom. The number of Topliss-reactive ketones (excluding diaryl/α,β-unsaturated/α-hetero) is 1. The molecule has 0 amide bonds. The molecule has 35 heavy (non-hydrogen) atoms. The monoisotopic (exact) mass is 502 g/mol. The first-order valence-electron chi connectivity index (χ1n) is 12.5. The fourth-order valence-corrected chi connectivity index (χ4v) is 5.57. The van der Waals surface area contributed by atoms with E-state index in [2.05, 4.69) is 11.1 Å². The third kappa shape index (κ3) is 6.78. The minimum Gasteiger partial charge on any atom is -0.458 e. The number of carbonyl (C=O) groups is 2. The Kier molecular flexibility index (Phi) is 8.90. The summed E-state index contributed by atoms with van der Waals surface area (Å²) in [5.41, 5.74) is 0.589. The number of aryl methyl sites for hydroxylation is 1. The molecule has 7 atom stereocenters. The lowest BCUT2D eigenvalue weighted by atomic mass is 9.69. The van der Waals surface area contributed by atoms with Crippen molar-refractivity contribution < 1.29 is 24.2 Å². The molecule has 0 radical (unpaired) electrons. The van der Waals surface area contributed by atoms with Gasteiger partial charge in [0, 0.05) is 23.1 Å². The van der Waals surface area contributed by atoms with Crippen LogP contribution in [0.4, 0.5) is 0 Å². The van der Waals surface area contributed by atoms with Crippen LogP contribution >= 0.6 is 11.3 Å². The van der Waals surface area contributed by atoms with Gasteiger partial charge in [-0.05, 0) is 44.3 Å². The van der Waals surface area contributed by atoms with Gasteiger partial charge in [-0.1, -0.05) is 34.1 Å². The highest BCUT2D eigenvalue weighted by molar-refractivity contribution is 7.09. The Morgan fingerprint density at radius 3 is 2.63 bits per heavy atom. The highest BCUT2D eigenvalue weighted by Crippen LogP contribution is 2.38. The van der Waals surface area contributed by atoms with Crippen molar-refractivity contribution in [2.75, 3.05) is 0 Å². The number of cyclic esters (lactones) is 1. The van der Waals surface area contributed by atoms with E-state index in [4.69, 9.17) is 9.47 Å². The number of fused-ring (bicyclic) bond motifs is 1. The summed E-state index contributed by atoms with van der Waals surface area (Å²) in [5, 5.41) is 23.6. The molecule has 2 aliphatic heterocycles. The number of hydrogen-bond donors (Lipinski definition) is 1. The quantitative estimate of drug-likeness (QED) is 0.453. The summed E-state index contributed by atoms with van der Waals surface area (Å²) < 4.78 is 11.8. The van der Waals surface area contributed by atoms with E-state index >= 15 is 0 Å². The number of nitrogens with zero attached hydrogens (tertiary/aromatic N) is 2. The topological polar surface area (TPSA) is 113 Å². The van der Waals surface area contributed by atoms with Gasteiger partial charge in [0.15, 0.2) is 0 Å². The number of nitriles is 1. The van der Waals surface area contributed by atoms with Gasteiger partial charge in [0.2, 0.25) is 0 Å². The van der Waals surface area contributed by atoms with Crippen molar-refractivity contribution in [3.63, 3.8) is 0 Å². The van der Waals surface area contributed by atoms with Crippen LogP contribution in [0.3, 0.4) is 0 Å². The van der Waals surface area contributed by atoms with Crippen LogP contribution in [0.5, 0.6) is 0 Å². The molecule has 1 unspecified atom stereocenters. The highest BCUT2D eigenvalue weighted by atomic mass is 32.1. The van der Waals surface area contributed by atoms with Crippen molar-refractivity contribution in [2.24, 2.45) is 23.2 Å². The summed E-state index contributed by atoms with van der Waals surface area (Å²) in [6.07, 6.45) is 3.61. The molecule has 2 saturated heterocycles. The minimum absolute atomic E-state index is 0.00478. The lowest BCUT2D eigenvalue weighted by Crippen LogP contribution is -2.43. The van der Waals surface area contributed by atoms with Crippen molar-refractivity contribution in [3.8, 4) is 6.07 Å². The maximum absolute atomic E-state index is 13.3. The average Bonchev–Trinajstić information content (AvgIpc) is 3.42. The maximum Gasteiger partial charge on any atom is 0.307 e. The third-order valence-electron chi connectivity index (χ3n) is 7.62. The smallest absolute Gasteiger partial charge is 0.307 e. The van der Waals surface area contributed by atoms with Crippen molar-refractivity contribution in [1.82, 2.24) is 4.98 Å². The molecule has 0 saturated carbocycles. The lowest BCUT2D eigenvalue weighted by molar-refractivity contribution is -0.150. The van der Waals surface area contributed by atoms with Gasteiger partial charge in [0.05, 0.1) is 47.4 Å². The molecule has 3 heterocycles. The van der Waals surface area contributed by atoms with Gasteiger partial charge in [0.1, 0.15) is 11.9 Å². The van der Waals surface area contributed by atoms with Gasteiger partial charge >= 0.3 is 5.97 Å². The molecule has 8 heteroatoms. The molecule has 0 aliphatic carbocycles. The number of epoxide rings is 1. The maximum atomic E-state index is 13.3. The first-order valence-corrected chi connectivity index (χ1v) is 13.4. The Labute approximate surface area is 212 Å². The van der Waals surface area contributed by atoms with Gasteiger partial charge in [0.25, 0.3) is 0 Å². The van der Waals surface area contributed by atoms with Gasteiger partial charge in [-0.2, -0.15) is 5.26 Å². The largest absolute Gasteiger partial charge is 0.458 e. The minimum atomic E-state index is -1.10. The molecule has 2 fully saturated rings. The number of ketones is 1. The molecule has 192 valence electrons. The van der Waals surface area contributed by atoms with Gasteiger partial charge < -0.3 is 14.6 Å². The first kappa shape index (κ1) is 27.5. The van der Waals surface area contributed by atoms with Crippen LogP contribution in [0, 0.1) is 41.4 Å². The summed E-state index contributed by atoms with van der Waals surface area (Å²) >= 11 is 1.56. The predicted octanol–water partition coefficient (Wildman–Crippen LogP) is 4.87. The number of aliphatic hydroxyl groups excluding tert-OH is 1. The van der Waals surface area contributed by atoms with Crippen LogP contribution in [-0.2, 0) is 19.1 Å². The number of aliphatic hydroxyl groups is 1. The molecule has 1 N–H and O–H groups in total. The molecular formula is C27H38N2O5S. The Hall–Kier alpha value is -2.08. The summed E-state index contributed by atoms with van der Waals surface area (Å²) in [4.78, 5) is 30.8. The molecule has 3 rings (SSSR count). The second-order valence-electron chi connectivity index (χ2n) is 10.8. The zero-order chi connectivity index (χ0) is 25.9. The number of esters is 1. The fraction of sp³-hybridized carbons (Fsp3) is 0.704. The predicted molar refractivity (Wildman–Crippen MR) is 134 cm³/mol. The molecular weight excluding hydrogens is 464 g/mol. The molecule has 0 aromatic carbocycles. The van der Waals surface area contributed by atoms with E-state index in [0.717, 1.165) is 35.5 Å². The number of hydrogen-bond acceptors (Lipinski definition) is 8. The molecule has 1 aromatic heterocycles. The van der Waals surface area contributed by atoms with Gasteiger partial charge in [-0.15, -0.1) is 11.3 Å². The zero-order valence-electron chi connectivity index (χ0n) is 21.6. The van der Waals surface area contributed by atoms with Crippen molar-refractivity contribution in [2.45, 2.75) is 98.1 Å². The Morgan fingerprint density at radius 2 is 2.00 bits per heavy atom. The van der Waals surface area contributed by atoms with Gasteiger partial charge in [-0.25, -0.2) is 4.98 Å². The summed E-state index contributed by atoms with van der Waals surface area (Å²) in [7, 11) is 0. The molecule has 0 spiro atoms. The molecule has 7 nitrogen and oxygen atoms in total. The first-order chi connectivity index (χ1) is 16.4. The van der Waals surface area contributed by atoms with Gasteiger partial charge in [-0.3, -0.25) is 9.59 Å². The number of aromatic nitrogens is 1. The number of ether oxygens (including phenoxy) is 2. The van der Waals surface area contributed by atoms with Crippen LogP contribution in [-0.4, -0.2) is 46.3 Å². The average molecular weight is 503 g/mol. The Bertz CT molecular complexity index is 994. The molecule has 1 aromatic rings. The number of thiazole rings is 1. The number of rotatable bonds is 2. The summed E-state index contributed by atoms with van der Waals surface area (Å²) in [6, 6.07) is 2.16. The van der Waals surface area contributed by atoms with E-state index in [9.17, 15) is 20.0 Å². The van der Waals surface area contributed by atoms with Crippen LogP contribution in [0.25, 0.3) is 6.08 Å². The SMILES string of the molecule is C/C(=C\c1csc(C)n1)[C@@H]1C[C@@H]2O[C@@H]2CCC[C@H](C)C(O)[C@@H](C)C(=O)C(C)(C)[C@H](C#N)CC(=O)O1. The van der Waals surface area contributed by atoms with Crippen molar-refractivity contribution in [1.29, 1.82) is 5.26 Å². The standard InChI is InChI=1S/C27H38N2O5S/c1-15-8-7-9-21-23(33-21)12-22(16(2)10-20-14-35-18(4)29-20)34-24(30)11-19(13-28)27(5,6)26(32)17(3)25(15)31/h10,14-15,17,19,21-23,25,31H,7-9,11-12H2,1-6H3/b16-10+/t15-,17+,19-,21+,22-,23-,25?/m0/s1. The second-order valence-corrected chi connectivity index (χ2v) is 11.8. The fourth-order valence-electron chi connectivity index (χ4n) is 5.00. The van der Waals surface area contributed by atoms with E-state index in [1.54, 1.807) is 32.1 Å². The van der Waals surface area contributed by atoms with E-state index in [1.165, 1.54) is 0 Å². The molecule has 0 bridgehead atoms. The Balaban J connectivity index is 1.85. The highest BCUT2D eigenvalue weighted by Gasteiger charge is 2.45. The normalized spacial score (nSPS) is 35.0. The van der Waals surface area contributed by atoms with Crippen molar-refractivity contribution in [3.05, 3.63) is 21.7 Å². The second kappa shape index (κ2) is 11.3. The van der Waals surface area contributed by atoms with Crippen LogP contribution in [0.1, 0.15) is 77.4 Å². The zero-order valence-corrected chi connectivity index (χ0v) is 22.4. The van der Waals surface area contributed by atoms with Crippen LogP contribution in [0.2, 0.25) is 0 Å². The van der Waals surface area contributed by atoms with Crippen LogP contribution < -0.4 is 0 Å². The van der Waals surface area contributed by atoms with E-state index in [-0.39, 0.29) is 30.3 Å². The summed E-state index contributed by atoms with van der Waals surface area (Å²) in [6.45, 7) is 10.9. The van der Waals surface area contributed by atoms with E-state index < -0.39 is 35.4 Å². The lowest BCUT2D eigenvalue weighted by Gasteiger charge is -2.34. The summed E-state index contributed by atoms with van der Waals surface area (Å²) in [5.74, 6) is -2.28. The van der Waals surface area contributed by atoms with E-state index in [0.29, 0.717) is 6.42 Å². The van der Waals surface area contributed by atoms with E-state index in [1.807, 2.05) is 32.2 Å². The molecule has 2 aliphatic rings. The third-order valence-corrected chi connectivity index (χ3v) is 8.41.